The lowest BCUT2D eigenvalue weighted by Gasteiger charge is -2.26. The van der Waals surface area contributed by atoms with Crippen LogP contribution >= 0.6 is 11.6 Å². The van der Waals surface area contributed by atoms with E-state index in [0.717, 1.165) is 6.08 Å². The highest BCUT2D eigenvalue weighted by Gasteiger charge is 2.37. The third-order valence-corrected chi connectivity index (χ3v) is 2.18. The van der Waals surface area contributed by atoms with Crippen LogP contribution in [-0.4, -0.2) is 40.7 Å². The molecule has 0 aromatic carbocycles. The van der Waals surface area contributed by atoms with Crippen LogP contribution in [0.3, 0.4) is 0 Å². The summed E-state index contributed by atoms with van der Waals surface area (Å²) in [5.41, 5.74) is 0. The molecular weight excluding hydrogens is 184 g/mol. The molecule has 1 aliphatic carbocycles. The van der Waals surface area contributed by atoms with Gasteiger partial charge in [-0.25, -0.2) is 0 Å². The number of methoxy groups -OCH3 is 1. The molecule has 0 heterocycles. The topological polar surface area (TPSA) is 66.8 Å². The molecule has 1 aliphatic rings. The fraction of sp³-hybridized carbons (Fsp3) is 0.571. The quantitative estimate of drug-likeness (QED) is 0.546. The Morgan fingerprint density at radius 2 is 2.17 bits per heavy atom. The number of halogens is 1. The van der Waals surface area contributed by atoms with E-state index in [1.165, 1.54) is 7.11 Å². The van der Waals surface area contributed by atoms with Gasteiger partial charge in [0.25, 0.3) is 0 Å². The van der Waals surface area contributed by atoms with Crippen molar-refractivity contribution in [3.63, 3.8) is 0 Å². The monoisotopic (exact) mass is 192 g/mol. The Labute approximate surface area is 74.4 Å². The number of aliphatic hydroxyl groups is 2. The summed E-state index contributed by atoms with van der Waals surface area (Å²) in [7, 11) is 1.35. The molecule has 3 unspecified atom stereocenters. The number of aliphatic hydroxyl groups excluding tert-OH is 2. The standard InChI is InChI=1S/C7H9ClO4/c1-12-4-2-3(9)6(10)7(11)5(4)8/h2,5-7,10-11H,1H3. The molecule has 68 valence electrons. The molecule has 2 N–H and O–H groups in total. The van der Waals surface area contributed by atoms with Crippen molar-refractivity contribution < 1.29 is 19.7 Å². The molecule has 0 fully saturated rings. The van der Waals surface area contributed by atoms with Crippen molar-refractivity contribution in [3.8, 4) is 0 Å². The fourth-order valence-corrected chi connectivity index (χ4v) is 1.26. The number of ether oxygens (including phenoxy) is 1. The molecule has 0 aliphatic heterocycles. The summed E-state index contributed by atoms with van der Waals surface area (Å²) in [4.78, 5) is 10.9. The van der Waals surface area contributed by atoms with Crippen molar-refractivity contribution in [3.05, 3.63) is 11.8 Å². The second kappa shape index (κ2) is 3.43. The van der Waals surface area contributed by atoms with E-state index < -0.39 is 23.4 Å². The molecule has 0 bridgehead atoms. The molecule has 0 saturated heterocycles. The predicted molar refractivity (Wildman–Crippen MR) is 41.8 cm³/mol. The van der Waals surface area contributed by atoms with Crippen molar-refractivity contribution in [2.24, 2.45) is 0 Å². The second-order valence-electron chi connectivity index (χ2n) is 2.49. The zero-order valence-corrected chi connectivity index (χ0v) is 7.15. The number of ketones is 1. The molecule has 0 radical (unpaired) electrons. The largest absolute Gasteiger partial charge is 0.499 e. The highest BCUT2D eigenvalue weighted by Crippen LogP contribution is 2.22. The van der Waals surface area contributed by atoms with E-state index in [1.807, 2.05) is 0 Å². The molecule has 0 aromatic rings. The lowest BCUT2D eigenvalue weighted by molar-refractivity contribution is -0.129. The van der Waals surface area contributed by atoms with Crippen LogP contribution in [0.5, 0.6) is 0 Å². The minimum absolute atomic E-state index is 0.180. The maximum atomic E-state index is 10.9. The maximum Gasteiger partial charge on any atom is 0.190 e. The van der Waals surface area contributed by atoms with E-state index in [9.17, 15) is 9.90 Å². The van der Waals surface area contributed by atoms with Crippen molar-refractivity contribution in [2.75, 3.05) is 7.11 Å². The van der Waals surface area contributed by atoms with E-state index in [1.54, 1.807) is 0 Å². The Kier molecular flexibility index (Phi) is 2.72. The molecule has 1 rings (SSSR count). The van der Waals surface area contributed by atoms with Gasteiger partial charge in [-0.1, -0.05) is 0 Å². The average Bonchev–Trinajstić information content (AvgIpc) is 2.08. The summed E-state index contributed by atoms with van der Waals surface area (Å²) < 4.78 is 4.73. The van der Waals surface area contributed by atoms with E-state index in [2.05, 4.69) is 0 Å². The van der Waals surface area contributed by atoms with Gasteiger partial charge < -0.3 is 14.9 Å². The van der Waals surface area contributed by atoms with Gasteiger partial charge in [0.1, 0.15) is 23.3 Å². The summed E-state index contributed by atoms with van der Waals surface area (Å²) in [6.07, 6.45) is -1.64. The summed E-state index contributed by atoms with van der Waals surface area (Å²) >= 11 is 5.64. The number of hydrogen-bond acceptors (Lipinski definition) is 4. The van der Waals surface area contributed by atoms with Crippen molar-refractivity contribution in [1.29, 1.82) is 0 Å². The fourth-order valence-electron chi connectivity index (χ4n) is 0.973. The lowest BCUT2D eigenvalue weighted by atomic mass is 9.98. The molecule has 4 nitrogen and oxygen atoms in total. The van der Waals surface area contributed by atoms with Crippen LogP contribution in [0.1, 0.15) is 0 Å². The Balaban J connectivity index is 2.91. The van der Waals surface area contributed by atoms with Gasteiger partial charge >= 0.3 is 0 Å². The third-order valence-electron chi connectivity index (χ3n) is 1.71. The van der Waals surface area contributed by atoms with Crippen LogP contribution in [0.2, 0.25) is 0 Å². The average molecular weight is 193 g/mol. The first-order chi connectivity index (χ1) is 5.57. The van der Waals surface area contributed by atoms with Gasteiger partial charge in [0.15, 0.2) is 5.78 Å². The molecular formula is C7H9ClO4. The molecule has 0 saturated carbocycles. The van der Waals surface area contributed by atoms with E-state index in [4.69, 9.17) is 21.4 Å². The Hall–Kier alpha value is -0.580. The highest BCUT2D eigenvalue weighted by atomic mass is 35.5. The molecule has 0 amide bonds. The Bertz CT molecular complexity index is 225. The van der Waals surface area contributed by atoms with Crippen LogP contribution in [-0.2, 0) is 9.53 Å². The summed E-state index contributed by atoms with van der Waals surface area (Å²) in [5.74, 6) is -0.407. The first kappa shape index (κ1) is 9.51. The minimum Gasteiger partial charge on any atom is -0.499 e. The van der Waals surface area contributed by atoms with Crippen LogP contribution in [0.15, 0.2) is 11.8 Å². The van der Waals surface area contributed by atoms with Crippen LogP contribution in [0.25, 0.3) is 0 Å². The number of carbonyl (C=O) groups is 1. The van der Waals surface area contributed by atoms with Gasteiger partial charge in [0.05, 0.1) is 7.11 Å². The number of carbonyl (C=O) groups excluding carboxylic acids is 1. The zero-order valence-electron chi connectivity index (χ0n) is 6.40. The molecule has 3 atom stereocenters. The predicted octanol–water partition coefficient (Wildman–Crippen LogP) is -0.571. The van der Waals surface area contributed by atoms with E-state index in [0.29, 0.717) is 0 Å². The summed E-state index contributed by atoms with van der Waals surface area (Å²) in [6, 6.07) is 0. The van der Waals surface area contributed by atoms with Crippen LogP contribution < -0.4 is 0 Å². The molecule has 12 heavy (non-hydrogen) atoms. The molecule has 0 aromatic heterocycles. The molecule has 0 spiro atoms. The van der Waals surface area contributed by atoms with E-state index in [-0.39, 0.29) is 5.76 Å². The van der Waals surface area contributed by atoms with Gasteiger partial charge in [0.2, 0.25) is 0 Å². The Morgan fingerprint density at radius 1 is 1.58 bits per heavy atom. The van der Waals surface area contributed by atoms with Gasteiger partial charge in [-0.05, 0) is 0 Å². The van der Waals surface area contributed by atoms with Crippen LogP contribution in [0, 0.1) is 0 Å². The third kappa shape index (κ3) is 1.46. The Morgan fingerprint density at radius 3 is 2.67 bits per heavy atom. The maximum absolute atomic E-state index is 10.9. The first-order valence-electron chi connectivity index (χ1n) is 3.37. The smallest absolute Gasteiger partial charge is 0.190 e. The zero-order chi connectivity index (χ0) is 9.30. The first-order valence-corrected chi connectivity index (χ1v) is 3.81. The second-order valence-corrected chi connectivity index (χ2v) is 2.96. The van der Waals surface area contributed by atoms with Crippen LogP contribution in [0.4, 0.5) is 0 Å². The van der Waals surface area contributed by atoms with Gasteiger partial charge in [0, 0.05) is 6.08 Å². The summed E-state index contributed by atoms with van der Waals surface area (Å²) in [5, 5.41) is 17.4. The number of alkyl halides is 1. The van der Waals surface area contributed by atoms with Crippen molar-refractivity contribution in [1.82, 2.24) is 0 Å². The summed E-state index contributed by atoms with van der Waals surface area (Å²) in [6.45, 7) is 0. The van der Waals surface area contributed by atoms with Gasteiger partial charge in [-0.2, -0.15) is 0 Å². The number of rotatable bonds is 1. The normalized spacial score (nSPS) is 36.2. The molecule has 5 heteroatoms. The van der Waals surface area contributed by atoms with Gasteiger partial charge in [-0.3, -0.25) is 4.79 Å². The van der Waals surface area contributed by atoms with Gasteiger partial charge in [-0.15, -0.1) is 11.6 Å². The minimum atomic E-state index is -1.44. The van der Waals surface area contributed by atoms with E-state index >= 15 is 0 Å². The highest BCUT2D eigenvalue weighted by molar-refractivity contribution is 6.23. The van der Waals surface area contributed by atoms with Crippen molar-refractivity contribution >= 4 is 17.4 Å². The van der Waals surface area contributed by atoms with Crippen molar-refractivity contribution in [2.45, 2.75) is 17.6 Å². The SMILES string of the molecule is COC1=CC(=O)C(O)C(O)C1Cl. The lowest BCUT2D eigenvalue weighted by Crippen LogP contribution is -2.44. The number of hydrogen-bond donors (Lipinski definition) is 2.